The monoisotopic (exact) mass is 401 g/mol. The fourth-order valence-corrected chi connectivity index (χ4v) is 2.89. The molecule has 0 radical (unpaired) electrons. The number of hydrogen-bond donors (Lipinski definition) is 3. The molecule has 0 amide bonds. The van der Waals surface area contributed by atoms with Crippen LogP contribution in [0.3, 0.4) is 0 Å². The molecule has 29 heavy (non-hydrogen) atoms. The van der Waals surface area contributed by atoms with Crippen LogP contribution in [0.15, 0.2) is 47.5 Å². The second-order valence-electron chi connectivity index (χ2n) is 6.70. The van der Waals surface area contributed by atoms with E-state index in [1.54, 1.807) is 40.4 Å². The Balaban J connectivity index is 2.19. The van der Waals surface area contributed by atoms with Gasteiger partial charge in [0.15, 0.2) is 5.96 Å². The zero-order valence-electron chi connectivity index (χ0n) is 17.8. The number of benzene rings is 2. The summed E-state index contributed by atoms with van der Waals surface area (Å²) >= 11 is 0. The number of guanidine groups is 1. The van der Waals surface area contributed by atoms with E-state index in [2.05, 4.69) is 15.6 Å². The van der Waals surface area contributed by atoms with E-state index in [4.69, 9.17) is 14.2 Å². The molecule has 0 aliphatic heterocycles. The first-order valence-electron chi connectivity index (χ1n) is 9.54. The van der Waals surface area contributed by atoms with Gasteiger partial charge >= 0.3 is 0 Å². The minimum absolute atomic E-state index is 0.305. The van der Waals surface area contributed by atoms with Gasteiger partial charge in [0.1, 0.15) is 22.8 Å². The van der Waals surface area contributed by atoms with Gasteiger partial charge in [-0.25, -0.2) is 4.99 Å². The van der Waals surface area contributed by atoms with Crippen LogP contribution >= 0.6 is 0 Å². The van der Waals surface area contributed by atoms with Crippen molar-refractivity contribution in [3.05, 3.63) is 53.6 Å². The molecule has 7 heteroatoms. The van der Waals surface area contributed by atoms with E-state index >= 15 is 0 Å². The van der Waals surface area contributed by atoms with Gasteiger partial charge in [-0.15, -0.1) is 0 Å². The molecular formula is C22H31N3O4. The molecule has 2 rings (SSSR count). The van der Waals surface area contributed by atoms with Crippen molar-refractivity contribution in [2.24, 2.45) is 4.99 Å². The molecule has 0 bridgehead atoms. The van der Waals surface area contributed by atoms with Gasteiger partial charge in [0, 0.05) is 18.7 Å². The highest BCUT2D eigenvalue weighted by Gasteiger charge is 2.23. The molecule has 1 atom stereocenters. The summed E-state index contributed by atoms with van der Waals surface area (Å²) in [5.74, 6) is 2.51. The third-order valence-corrected chi connectivity index (χ3v) is 4.55. The Morgan fingerprint density at radius 2 is 1.62 bits per heavy atom. The Bertz CT molecular complexity index is 782. The van der Waals surface area contributed by atoms with Gasteiger partial charge in [-0.3, -0.25) is 0 Å². The molecule has 0 saturated heterocycles. The number of hydrogen-bond acceptors (Lipinski definition) is 5. The van der Waals surface area contributed by atoms with E-state index in [0.29, 0.717) is 42.8 Å². The quantitative estimate of drug-likeness (QED) is 0.443. The lowest BCUT2D eigenvalue weighted by atomic mass is 9.96. The van der Waals surface area contributed by atoms with Gasteiger partial charge < -0.3 is 30.0 Å². The molecule has 3 N–H and O–H groups in total. The summed E-state index contributed by atoms with van der Waals surface area (Å²) in [6.07, 6.45) is 0. The second-order valence-corrected chi connectivity index (χ2v) is 6.70. The maximum absolute atomic E-state index is 10.8. The van der Waals surface area contributed by atoms with Gasteiger partial charge in [-0.05, 0) is 19.4 Å². The topological polar surface area (TPSA) is 84.3 Å². The Morgan fingerprint density at radius 3 is 2.14 bits per heavy atom. The van der Waals surface area contributed by atoms with Gasteiger partial charge in [0.05, 0.1) is 40.0 Å². The first-order chi connectivity index (χ1) is 13.9. The van der Waals surface area contributed by atoms with Gasteiger partial charge in [-0.1, -0.05) is 30.3 Å². The molecule has 0 aliphatic carbocycles. The highest BCUT2D eigenvalue weighted by molar-refractivity contribution is 5.80. The highest BCUT2D eigenvalue weighted by Crippen LogP contribution is 2.34. The summed E-state index contributed by atoms with van der Waals surface area (Å²) in [6.45, 7) is 5.09. The lowest BCUT2D eigenvalue weighted by Crippen LogP contribution is -2.44. The molecule has 0 spiro atoms. The lowest BCUT2D eigenvalue weighted by Gasteiger charge is -2.25. The minimum atomic E-state index is -1.03. The number of aliphatic hydroxyl groups is 1. The maximum Gasteiger partial charge on any atom is 0.191 e. The Labute approximate surface area is 172 Å². The van der Waals surface area contributed by atoms with Crippen molar-refractivity contribution in [3.63, 3.8) is 0 Å². The molecule has 158 valence electrons. The first-order valence-corrected chi connectivity index (χ1v) is 9.54. The molecule has 0 aromatic heterocycles. The predicted octanol–water partition coefficient (Wildman–Crippen LogP) is 2.68. The van der Waals surface area contributed by atoms with E-state index in [-0.39, 0.29) is 0 Å². The molecule has 2 aromatic rings. The number of nitrogens with zero attached hydrogens (tertiary/aromatic N) is 1. The average Bonchev–Trinajstić information content (AvgIpc) is 2.75. The normalized spacial score (nSPS) is 13.4. The molecule has 0 aliphatic rings. The lowest BCUT2D eigenvalue weighted by molar-refractivity contribution is 0.0617. The number of nitrogens with one attached hydrogen (secondary N) is 2. The van der Waals surface area contributed by atoms with Crippen molar-refractivity contribution in [2.45, 2.75) is 26.0 Å². The summed E-state index contributed by atoms with van der Waals surface area (Å²) in [5, 5.41) is 17.2. The number of ether oxygens (including phenoxy) is 3. The smallest absolute Gasteiger partial charge is 0.191 e. The van der Waals surface area contributed by atoms with Crippen LogP contribution in [-0.4, -0.2) is 45.5 Å². The maximum atomic E-state index is 10.8. The zero-order valence-corrected chi connectivity index (χ0v) is 17.8. The fraction of sp³-hybridized carbons (Fsp3) is 0.409. The molecule has 0 heterocycles. The van der Waals surface area contributed by atoms with Crippen LogP contribution < -0.4 is 24.8 Å². The van der Waals surface area contributed by atoms with Crippen LogP contribution in [-0.2, 0) is 12.1 Å². The van der Waals surface area contributed by atoms with Crippen molar-refractivity contribution in [1.82, 2.24) is 10.6 Å². The van der Waals surface area contributed by atoms with Crippen molar-refractivity contribution < 1.29 is 19.3 Å². The Hall–Kier alpha value is -2.93. The van der Waals surface area contributed by atoms with Crippen molar-refractivity contribution in [3.8, 4) is 17.2 Å². The average molecular weight is 402 g/mol. The summed E-state index contributed by atoms with van der Waals surface area (Å²) < 4.78 is 16.3. The third kappa shape index (κ3) is 6.02. The van der Waals surface area contributed by atoms with Crippen LogP contribution in [0.4, 0.5) is 0 Å². The third-order valence-electron chi connectivity index (χ3n) is 4.55. The van der Waals surface area contributed by atoms with Crippen LogP contribution in [0.5, 0.6) is 17.2 Å². The van der Waals surface area contributed by atoms with Crippen molar-refractivity contribution in [1.29, 1.82) is 0 Å². The highest BCUT2D eigenvalue weighted by atomic mass is 16.5. The van der Waals surface area contributed by atoms with Crippen molar-refractivity contribution >= 4 is 5.96 Å². The predicted molar refractivity (Wildman–Crippen MR) is 115 cm³/mol. The summed E-state index contributed by atoms with van der Waals surface area (Å²) in [6, 6.07) is 13.1. The molecule has 7 nitrogen and oxygen atoms in total. The van der Waals surface area contributed by atoms with Gasteiger partial charge in [0.2, 0.25) is 0 Å². The van der Waals surface area contributed by atoms with Crippen molar-refractivity contribution in [2.75, 3.05) is 34.4 Å². The molecule has 0 fully saturated rings. The molecule has 1 unspecified atom stereocenters. The zero-order chi connectivity index (χ0) is 21.3. The number of rotatable bonds is 9. The van der Waals surface area contributed by atoms with E-state index in [1.165, 1.54) is 0 Å². The van der Waals surface area contributed by atoms with Gasteiger partial charge in [-0.2, -0.15) is 0 Å². The van der Waals surface area contributed by atoms with Crippen LogP contribution in [0.25, 0.3) is 0 Å². The summed E-state index contributed by atoms with van der Waals surface area (Å²) in [7, 11) is 4.79. The summed E-state index contributed by atoms with van der Waals surface area (Å²) in [5.41, 5.74) is 0.608. The summed E-state index contributed by atoms with van der Waals surface area (Å²) in [4.78, 5) is 4.64. The van der Waals surface area contributed by atoms with Crippen LogP contribution in [0.1, 0.15) is 25.0 Å². The van der Waals surface area contributed by atoms with E-state index in [9.17, 15) is 5.11 Å². The minimum Gasteiger partial charge on any atom is -0.496 e. The van der Waals surface area contributed by atoms with Gasteiger partial charge in [0.25, 0.3) is 0 Å². The fourth-order valence-electron chi connectivity index (χ4n) is 2.89. The standard InChI is InChI=1S/C22H31N3O4/c1-6-23-21(25-15-22(2,26)16-10-8-7-9-11-16)24-14-18-19(28-4)12-17(27-3)13-20(18)29-5/h7-13,26H,6,14-15H2,1-5H3,(H2,23,24,25). The van der Waals surface area contributed by atoms with E-state index in [1.807, 2.05) is 37.3 Å². The van der Waals surface area contributed by atoms with E-state index < -0.39 is 5.60 Å². The van der Waals surface area contributed by atoms with Crippen LogP contribution in [0.2, 0.25) is 0 Å². The Kier molecular flexibility index (Phi) is 8.15. The number of methoxy groups -OCH3 is 3. The Morgan fingerprint density at radius 1 is 1.00 bits per heavy atom. The second kappa shape index (κ2) is 10.6. The molecular weight excluding hydrogens is 370 g/mol. The molecule has 2 aromatic carbocycles. The first kappa shape index (κ1) is 22.4. The number of aliphatic imine (C=N–C) groups is 1. The molecule has 0 saturated carbocycles. The SMILES string of the molecule is CCNC(=NCc1c(OC)cc(OC)cc1OC)NCC(C)(O)c1ccccc1. The van der Waals surface area contributed by atoms with E-state index in [0.717, 1.165) is 11.1 Å². The van der Waals surface area contributed by atoms with Crippen LogP contribution in [0, 0.1) is 0 Å². The largest absolute Gasteiger partial charge is 0.496 e.